The topological polar surface area (TPSA) is 41.5 Å². The van der Waals surface area contributed by atoms with Gasteiger partial charge in [0.2, 0.25) is 0 Å². The van der Waals surface area contributed by atoms with Gasteiger partial charge in [0.1, 0.15) is 5.75 Å². The predicted molar refractivity (Wildman–Crippen MR) is 68.2 cm³/mol. The van der Waals surface area contributed by atoms with Gasteiger partial charge in [0, 0.05) is 12.6 Å². The molecule has 1 aliphatic carbocycles. The van der Waals surface area contributed by atoms with Crippen LogP contribution in [0, 0.1) is 0 Å². The molecule has 0 saturated carbocycles. The van der Waals surface area contributed by atoms with E-state index in [1.165, 1.54) is 11.1 Å². The quantitative estimate of drug-likeness (QED) is 0.584. The standard InChI is InChI=1S/C14H19NO2/c1-2-8-17-9-7-15-14-6-3-11-10-12(16)4-5-13(11)14/h2,4-5,10,14-16H,1,3,6-9H2. The number of nitrogens with one attached hydrogen (secondary N) is 1. The smallest absolute Gasteiger partial charge is 0.115 e. The first-order chi connectivity index (χ1) is 8.31. The fraction of sp³-hybridized carbons (Fsp3) is 0.429. The summed E-state index contributed by atoms with van der Waals surface area (Å²) in [4.78, 5) is 0. The number of phenolic OH excluding ortho intramolecular Hbond substituents is 1. The van der Waals surface area contributed by atoms with Gasteiger partial charge in [-0.1, -0.05) is 12.1 Å². The summed E-state index contributed by atoms with van der Waals surface area (Å²) in [6.07, 6.45) is 3.89. The van der Waals surface area contributed by atoms with Gasteiger partial charge >= 0.3 is 0 Å². The fourth-order valence-electron chi connectivity index (χ4n) is 2.29. The first-order valence-electron chi connectivity index (χ1n) is 6.05. The molecule has 0 heterocycles. The van der Waals surface area contributed by atoms with Crippen LogP contribution in [0.1, 0.15) is 23.6 Å². The second-order valence-corrected chi connectivity index (χ2v) is 4.29. The van der Waals surface area contributed by atoms with Crippen LogP contribution in [-0.2, 0) is 11.2 Å². The number of hydrogen-bond acceptors (Lipinski definition) is 3. The van der Waals surface area contributed by atoms with Gasteiger partial charge in [-0.05, 0) is 36.1 Å². The van der Waals surface area contributed by atoms with E-state index >= 15 is 0 Å². The molecule has 3 nitrogen and oxygen atoms in total. The van der Waals surface area contributed by atoms with Crippen molar-refractivity contribution < 1.29 is 9.84 Å². The summed E-state index contributed by atoms with van der Waals surface area (Å²) >= 11 is 0. The molecule has 0 fully saturated rings. The molecule has 2 rings (SSSR count). The van der Waals surface area contributed by atoms with Crippen molar-refractivity contribution >= 4 is 0 Å². The normalized spacial score (nSPS) is 18.0. The molecule has 3 heteroatoms. The molecular weight excluding hydrogens is 214 g/mol. The molecular formula is C14H19NO2. The SMILES string of the molecule is C=CCOCCNC1CCc2cc(O)ccc21. The van der Waals surface area contributed by atoms with Gasteiger partial charge in [-0.25, -0.2) is 0 Å². The Kier molecular flexibility index (Phi) is 4.18. The van der Waals surface area contributed by atoms with Crippen LogP contribution >= 0.6 is 0 Å². The van der Waals surface area contributed by atoms with Crippen LogP contribution in [0.4, 0.5) is 0 Å². The third-order valence-electron chi connectivity index (χ3n) is 3.08. The highest BCUT2D eigenvalue weighted by Gasteiger charge is 2.21. The minimum absolute atomic E-state index is 0.360. The number of ether oxygens (including phenoxy) is 1. The van der Waals surface area contributed by atoms with Gasteiger partial charge < -0.3 is 15.2 Å². The molecule has 1 aliphatic rings. The van der Waals surface area contributed by atoms with Crippen LogP contribution < -0.4 is 5.32 Å². The van der Waals surface area contributed by atoms with E-state index in [1.54, 1.807) is 12.1 Å². The summed E-state index contributed by atoms with van der Waals surface area (Å²) in [5, 5.41) is 12.9. The highest BCUT2D eigenvalue weighted by molar-refractivity contribution is 5.39. The molecule has 0 aromatic heterocycles. The number of fused-ring (bicyclic) bond motifs is 1. The largest absolute Gasteiger partial charge is 0.508 e. The van der Waals surface area contributed by atoms with Crippen molar-refractivity contribution in [3.63, 3.8) is 0 Å². The van der Waals surface area contributed by atoms with Crippen LogP contribution in [0.15, 0.2) is 30.9 Å². The van der Waals surface area contributed by atoms with Crippen molar-refractivity contribution in [3.05, 3.63) is 42.0 Å². The molecule has 0 saturated heterocycles. The lowest BCUT2D eigenvalue weighted by Crippen LogP contribution is -2.23. The van der Waals surface area contributed by atoms with E-state index in [1.807, 2.05) is 12.1 Å². The van der Waals surface area contributed by atoms with Crippen LogP contribution in [0.2, 0.25) is 0 Å². The monoisotopic (exact) mass is 233 g/mol. The van der Waals surface area contributed by atoms with Crippen molar-refractivity contribution in [2.24, 2.45) is 0 Å². The third-order valence-corrected chi connectivity index (χ3v) is 3.08. The molecule has 1 unspecified atom stereocenters. The Bertz CT molecular complexity index is 390. The number of phenols is 1. The van der Waals surface area contributed by atoms with E-state index in [0.29, 0.717) is 25.0 Å². The fourth-order valence-corrected chi connectivity index (χ4v) is 2.29. The average Bonchev–Trinajstić information content (AvgIpc) is 2.71. The molecule has 92 valence electrons. The molecule has 2 N–H and O–H groups in total. The van der Waals surface area contributed by atoms with Crippen LogP contribution in [0.3, 0.4) is 0 Å². The third kappa shape index (κ3) is 3.08. The summed E-state index contributed by atoms with van der Waals surface area (Å²) in [7, 11) is 0. The number of rotatable bonds is 6. The lowest BCUT2D eigenvalue weighted by Gasteiger charge is -2.13. The van der Waals surface area contributed by atoms with Gasteiger partial charge in [0.15, 0.2) is 0 Å². The number of benzene rings is 1. The molecule has 1 aromatic rings. The zero-order valence-corrected chi connectivity index (χ0v) is 9.98. The average molecular weight is 233 g/mol. The van der Waals surface area contributed by atoms with E-state index in [0.717, 1.165) is 19.4 Å². The molecule has 0 spiro atoms. The number of aryl methyl sites for hydroxylation is 1. The maximum absolute atomic E-state index is 9.41. The van der Waals surface area contributed by atoms with Crippen LogP contribution in [-0.4, -0.2) is 24.9 Å². The molecule has 0 amide bonds. The Morgan fingerprint density at radius 2 is 2.41 bits per heavy atom. The minimum Gasteiger partial charge on any atom is -0.508 e. The van der Waals surface area contributed by atoms with Gasteiger partial charge in [0.25, 0.3) is 0 Å². The Hall–Kier alpha value is -1.32. The van der Waals surface area contributed by atoms with E-state index in [2.05, 4.69) is 11.9 Å². The summed E-state index contributed by atoms with van der Waals surface area (Å²) in [5.74, 6) is 0.360. The predicted octanol–water partition coefficient (Wildman–Crippen LogP) is 2.17. The summed E-state index contributed by atoms with van der Waals surface area (Å²) in [6.45, 7) is 5.76. The van der Waals surface area contributed by atoms with E-state index < -0.39 is 0 Å². The highest BCUT2D eigenvalue weighted by Crippen LogP contribution is 2.32. The Morgan fingerprint density at radius 1 is 1.53 bits per heavy atom. The lowest BCUT2D eigenvalue weighted by molar-refractivity contribution is 0.161. The second kappa shape index (κ2) is 5.84. The van der Waals surface area contributed by atoms with E-state index in [4.69, 9.17) is 4.74 Å². The molecule has 0 aliphatic heterocycles. The van der Waals surface area contributed by atoms with Crippen molar-refractivity contribution in [2.45, 2.75) is 18.9 Å². The second-order valence-electron chi connectivity index (χ2n) is 4.29. The summed E-state index contributed by atoms with van der Waals surface area (Å²) in [5.41, 5.74) is 2.57. The first kappa shape index (κ1) is 12.1. The highest BCUT2D eigenvalue weighted by atomic mass is 16.5. The maximum atomic E-state index is 9.41. The maximum Gasteiger partial charge on any atom is 0.115 e. The number of aromatic hydroxyl groups is 1. The Morgan fingerprint density at radius 3 is 3.24 bits per heavy atom. The first-order valence-corrected chi connectivity index (χ1v) is 6.05. The summed E-state index contributed by atoms with van der Waals surface area (Å²) in [6, 6.07) is 6.04. The van der Waals surface area contributed by atoms with Crippen LogP contribution in [0.25, 0.3) is 0 Å². The molecule has 1 aromatic carbocycles. The Balaban J connectivity index is 1.83. The molecule has 0 bridgehead atoms. The minimum atomic E-state index is 0.360. The number of hydrogen-bond donors (Lipinski definition) is 2. The molecule has 0 radical (unpaired) electrons. The zero-order valence-electron chi connectivity index (χ0n) is 9.98. The zero-order chi connectivity index (χ0) is 12.1. The lowest BCUT2D eigenvalue weighted by atomic mass is 10.1. The molecule has 1 atom stereocenters. The summed E-state index contributed by atoms with van der Waals surface area (Å²) < 4.78 is 5.33. The van der Waals surface area contributed by atoms with Crippen LogP contribution in [0.5, 0.6) is 5.75 Å². The Labute approximate surface area is 102 Å². The van der Waals surface area contributed by atoms with Gasteiger partial charge in [-0.15, -0.1) is 6.58 Å². The van der Waals surface area contributed by atoms with Gasteiger partial charge in [-0.3, -0.25) is 0 Å². The van der Waals surface area contributed by atoms with Crippen molar-refractivity contribution in [1.29, 1.82) is 0 Å². The van der Waals surface area contributed by atoms with Crippen molar-refractivity contribution in [3.8, 4) is 5.75 Å². The van der Waals surface area contributed by atoms with Crippen molar-refractivity contribution in [1.82, 2.24) is 5.32 Å². The van der Waals surface area contributed by atoms with Gasteiger partial charge in [-0.2, -0.15) is 0 Å². The van der Waals surface area contributed by atoms with Crippen molar-refractivity contribution in [2.75, 3.05) is 19.8 Å². The van der Waals surface area contributed by atoms with E-state index in [9.17, 15) is 5.11 Å². The molecule has 17 heavy (non-hydrogen) atoms. The van der Waals surface area contributed by atoms with Gasteiger partial charge in [0.05, 0.1) is 13.2 Å². The van der Waals surface area contributed by atoms with E-state index in [-0.39, 0.29) is 0 Å².